The van der Waals surface area contributed by atoms with Crippen molar-refractivity contribution in [3.8, 4) is 5.75 Å². The maximum absolute atomic E-state index is 15.1. The highest BCUT2D eigenvalue weighted by Gasteiger charge is 2.63. The van der Waals surface area contributed by atoms with Gasteiger partial charge in [0, 0.05) is 6.20 Å². The number of hydrogen-bond acceptors (Lipinski definition) is 9. The van der Waals surface area contributed by atoms with E-state index in [1.54, 1.807) is 32.0 Å². The standard InChI is InChI=1S/C23H28F3N2O8PS/c1-13(2)34-21(32)14(3)27-37(38,36-16-7-5-4-6-8-16)33-12-23(22(25)26)19(31)18(24)20(35-23)28-10-9-15(29)11-17(28)30/h4-10,13-14,18-20,22,31H,11-12H2,1-3H3,(H,27,38)/t14-,18+,19-,20+,23+,37?/m0/s1. The Labute approximate surface area is 222 Å². The van der Waals surface area contributed by atoms with E-state index < -0.39 is 80.0 Å². The molecule has 1 aromatic carbocycles. The molecule has 2 aliphatic rings. The van der Waals surface area contributed by atoms with Gasteiger partial charge in [0.15, 0.2) is 23.8 Å². The Morgan fingerprint density at radius 1 is 1.29 bits per heavy atom. The predicted molar refractivity (Wildman–Crippen MR) is 131 cm³/mol. The fraction of sp³-hybridized carbons (Fsp3) is 0.522. The predicted octanol–water partition coefficient (Wildman–Crippen LogP) is 2.61. The maximum Gasteiger partial charge on any atom is 0.323 e. The third-order valence-corrected chi connectivity index (χ3v) is 8.06. The molecule has 0 aromatic heterocycles. The molecule has 0 bridgehead atoms. The number of carbonyl (C=O) groups excluding carboxylic acids is 3. The van der Waals surface area contributed by atoms with E-state index in [9.17, 15) is 28.3 Å². The van der Waals surface area contributed by atoms with Gasteiger partial charge in [0.2, 0.25) is 5.91 Å². The van der Waals surface area contributed by atoms with Gasteiger partial charge < -0.3 is 23.6 Å². The number of para-hydroxylation sites is 1. The Bertz CT molecular complexity index is 1110. The molecule has 1 amide bonds. The molecule has 0 radical (unpaired) electrons. The van der Waals surface area contributed by atoms with Crippen LogP contribution in [0.3, 0.4) is 0 Å². The molecule has 6 atom stereocenters. The number of nitrogens with one attached hydrogen (secondary N) is 1. The first kappa shape index (κ1) is 30.2. The van der Waals surface area contributed by atoms with E-state index in [4.69, 9.17) is 30.3 Å². The fourth-order valence-corrected chi connectivity index (χ4v) is 6.07. The maximum atomic E-state index is 15.1. The van der Waals surface area contributed by atoms with Crippen molar-refractivity contribution in [3.63, 3.8) is 0 Å². The molecule has 2 aliphatic heterocycles. The second-order valence-electron chi connectivity index (χ2n) is 8.92. The summed E-state index contributed by atoms with van der Waals surface area (Å²) in [6.07, 6.45) is -9.58. The van der Waals surface area contributed by atoms with Crippen LogP contribution >= 0.6 is 6.64 Å². The minimum Gasteiger partial charge on any atom is -0.462 e. The lowest BCUT2D eigenvalue weighted by Crippen LogP contribution is -2.52. The van der Waals surface area contributed by atoms with E-state index in [1.807, 2.05) is 0 Å². The van der Waals surface area contributed by atoms with Crippen molar-refractivity contribution in [2.45, 2.75) is 69.9 Å². The summed E-state index contributed by atoms with van der Waals surface area (Å²) >= 11 is 5.48. The van der Waals surface area contributed by atoms with Crippen molar-refractivity contribution in [1.29, 1.82) is 0 Å². The van der Waals surface area contributed by atoms with Crippen molar-refractivity contribution < 1.29 is 51.2 Å². The van der Waals surface area contributed by atoms with Gasteiger partial charge in [-0.2, -0.15) is 0 Å². The first-order valence-electron chi connectivity index (χ1n) is 11.6. The number of benzene rings is 1. The Morgan fingerprint density at radius 2 is 1.95 bits per heavy atom. The van der Waals surface area contributed by atoms with E-state index in [0.29, 0.717) is 4.90 Å². The normalized spacial score (nSPS) is 28.0. The van der Waals surface area contributed by atoms with Crippen molar-refractivity contribution in [1.82, 2.24) is 9.99 Å². The number of carbonyl (C=O) groups is 3. The quantitative estimate of drug-likeness (QED) is 0.229. The first-order valence-corrected chi connectivity index (χ1v) is 14.2. The van der Waals surface area contributed by atoms with Crippen LogP contribution in [0.1, 0.15) is 27.2 Å². The third kappa shape index (κ3) is 6.80. The number of aliphatic hydroxyl groups is 1. The number of esters is 1. The Balaban J connectivity index is 1.87. The molecule has 2 N–H and O–H groups in total. The highest BCUT2D eigenvalue weighted by atomic mass is 32.5. The van der Waals surface area contributed by atoms with Gasteiger partial charge in [0.25, 0.3) is 6.43 Å². The van der Waals surface area contributed by atoms with Gasteiger partial charge in [-0.05, 0) is 50.8 Å². The van der Waals surface area contributed by atoms with Crippen LogP contribution in [0.2, 0.25) is 0 Å². The second-order valence-corrected chi connectivity index (χ2v) is 12.1. The SMILES string of the molecule is CC(C)OC(=O)[C@H](C)NP(=S)(OC[C@@]1(C(F)F)O[C@@H](N2C=CC(=O)CC2=O)[C@H](F)[C@@H]1O)Oc1ccccc1. The number of aliphatic hydroxyl groups excluding tert-OH is 1. The molecule has 38 heavy (non-hydrogen) atoms. The number of nitrogens with zero attached hydrogens (tertiary/aromatic N) is 1. The lowest BCUT2D eigenvalue weighted by atomic mass is 9.97. The molecule has 3 rings (SSSR count). The van der Waals surface area contributed by atoms with Crippen LogP contribution in [0, 0.1) is 0 Å². The van der Waals surface area contributed by atoms with Crippen molar-refractivity contribution in [2.75, 3.05) is 6.61 Å². The van der Waals surface area contributed by atoms with E-state index in [0.717, 1.165) is 12.3 Å². The van der Waals surface area contributed by atoms with Crippen LogP contribution in [0.4, 0.5) is 13.2 Å². The largest absolute Gasteiger partial charge is 0.462 e. The second kappa shape index (κ2) is 12.2. The molecule has 1 fully saturated rings. The molecule has 1 saturated heterocycles. The zero-order valence-electron chi connectivity index (χ0n) is 20.7. The molecule has 0 saturated carbocycles. The summed E-state index contributed by atoms with van der Waals surface area (Å²) in [5.41, 5.74) is -2.97. The van der Waals surface area contributed by atoms with Crippen molar-refractivity contribution in [2.24, 2.45) is 0 Å². The number of amides is 1. The van der Waals surface area contributed by atoms with E-state index >= 15 is 4.39 Å². The number of ketones is 1. The molecule has 0 spiro atoms. The Hall–Kier alpha value is -2.35. The molecule has 0 aliphatic carbocycles. The molecular weight excluding hydrogens is 552 g/mol. The smallest absolute Gasteiger partial charge is 0.323 e. The number of halogens is 3. The van der Waals surface area contributed by atoms with Crippen LogP contribution < -0.4 is 9.61 Å². The van der Waals surface area contributed by atoms with Crippen LogP contribution in [-0.4, -0.2) is 76.9 Å². The summed E-state index contributed by atoms with van der Waals surface area (Å²) in [7, 11) is 0. The van der Waals surface area contributed by atoms with Crippen LogP contribution in [0.5, 0.6) is 5.75 Å². The molecule has 10 nitrogen and oxygen atoms in total. The Kier molecular flexibility index (Phi) is 9.71. The van der Waals surface area contributed by atoms with Crippen LogP contribution in [-0.2, 0) is 40.2 Å². The summed E-state index contributed by atoms with van der Waals surface area (Å²) < 4.78 is 65.6. The average Bonchev–Trinajstić information content (AvgIpc) is 3.09. The number of alkyl halides is 3. The van der Waals surface area contributed by atoms with Gasteiger partial charge in [-0.25, -0.2) is 18.3 Å². The van der Waals surface area contributed by atoms with Gasteiger partial charge in [-0.1, -0.05) is 18.2 Å². The van der Waals surface area contributed by atoms with Gasteiger partial charge >= 0.3 is 12.6 Å². The summed E-state index contributed by atoms with van der Waals surface area (Å²) in [6.45, 7) is -0.363. The summed E-state index contributed by atoms with van der Waals surface area (Å²) in [5, 5.41) is 13.2. The molecule has 2 heterocycles. The van der Waals surface area contributed by atoms with E-state index in [2.05, 4.69) is 5.09 Å². The van der Waals surface area contributed by atoms with E-state index in [1.165, 1.54) is 19.1 Å². The molecule has 15 heteroatoms. The minimum atomic E-state index is -3.85. The van der Waals surface area contributed by atoms with Crippen molar-refractivity contribution >= 4 is 36.1 Å². The monoisotopic (exact) mass is 580 g/mol. The molecule has 1 aromatic rings. The van der Waals surface area contributed by atoms with Crippen molar-refractivity contribution in [3.05, 3.63) is 42.6 Å². The summed E-state index contributed by atoms with van der Waals surface area (Å²) in [4.78, 5) is 36.7. The first-order chi connectivity index (χ1) is 17.8. The molecular formula is C23H28F3N2O8PS. The van der Waals surface area contributed by atoms with Gasteiger partial charge in [0.1, 0.15) is 17.9 Å². The number of ether oxygens (including phenoxy) is 2. The summed E-state index contributed by atoms with van der Waals surface area (Å²) in [6, 6.07) is 6.84. The number of allylic oxidation sites excluding steroid dienone is 1. The lowest BCUT2D eigenvalue weighted by molar-refractivity contribution is -0.199. The van der Waals surface area contributed by atoms with Crippen LogP contribution in [0.15, 0.2) is 42.6 Å². The topological polar surface area (TPSA) is 124 Å². The van der Waals surface area contributed by atoms with Gasteiger partial charge in [0.05, 0.1) is 19.1 Å². The van der Waals surface area contributed by atoms with Gasteiger partial charge in [-0.15, -0.1) is 0 Å². The molecule has 1 unspecified atom stereocenters. The number of rotatable bonds is 11. The number of hydrogen-bond donors (Lipinski definition) is 2. The molecule has 210 valence electrons. The average molecular weight is 581 g/mol. The van der Waals surface area contributed by atoms with Crippen LogP contribution in [0.25, 0.3) is 0 Å². The lowest BCUT2D eigenvalue weighted by Gasteiger charge is -2.34. The zero-order valence-corrected chi connectivity index (χ0v) is 22.4. The fourth-order valence-electron chi connectivity index (χ4n) is 3.65. The van der Waals surface area contributed by atoms with E-state index in [-0.39, 0.29) is 5.75 Å². The Morgan fingerprint density at radius 3 is 2.53 bits per heavy atom. The van der Waals surface area contributed by atoms with Gasteiger partial charge in [-0.3, -0.25) is 19.3 Å². The minimum absolute atomic E-state index is 0.182. The highest BCUT2D eigenvalue weighted by molar-refractivity contribution is 8.09. The third-order valence-electron chi connectivity index (χ3n) is 5.58. The zero-order chi connectivity index (χ0) is 28.3. The highest BCUT2D eigenvalue weighted by Crippen LogP contribution is 2.49. The summed E-state index contributed by atoms with van der Waals surface area (Å²) in [5.74, 6) is -1.98.